The fourth-order valence-corrected chi connectivity index (χ4v) is 3.17. The Morgan fingerprint density at radius 3 is 2.67 bits per heavy atom. The van der Waals surface area contributed by atoms with E-state index in [1.165, 1.54) is 6.07 Å². The first-order chi connectivity index (χ1) is 7.01. The average Bonchev–Trinajstić information content (AvgIpc) is 2.39. The summed E-state index contributed by atoms with van der Waals surface area (Å²) in [5.74, 6) is -1.15. The van der Waals surface area contributed by atoms with Crippen LogP contribution in [0, 0.1) is 0 Å². The van der Waals surface area contributed by atoms with Gasteiger partial charge in [0.25, 0.3) is 0 Å². The van der Waals surface area contributed by atoms with Gasteiger partial charge in [-0.1, -0.05) is 18.2 Å². The number of nitrogens with zero attached hydrogens (tertiary/aromatic N) is 1. The lowest BCUT2D eigenvalue weighted by Crippen LogP contribution is -2.30. The largest absolute Gasteiger partial charge is 0.480 e. The monoisotopic (exact) mass is 227 g/mol. The summed E-state index contributed by atoms with van der Waals surface area (Å²) in [6.07, 6.45) is 0. The summed E-state index contributed by atoms with van der Waals surface area (Å²) < 4.78 is 24.5. The zero-order valence-corrected chi connectivity index (χ0v) is 8.57. The summed E-state index contributed by atoms with van der Waals surface area (Å²) in [5.41, 5.74) is 0.652. The smallest absolute Gasteiger partial charge is 0.318 e. The third kappa shape index (κ3) is 1.62. The van der Waals surface area contributed by atoms with E-state index in [-0.39, 0.29) is 11.4 Å². The normalized spacial score (nSPS) is 18.7. The minimum absolute atomic E-state index is 0.144. The highest BCUT2D eigenvalue weighted by Crippen LogP contribution is 2.29. The number of hydrogen-bond acceptors (Lipinski definition) is 3. The van der Waals surface area contributed by atoms with Gasteiger partial charge in [-0.15, -0.1) is 0 Å². The molecule has 0 unspecified atom stereocenters. The highest BCUT2D eigenvalue weighted by molar-refractivity contribution is 7.89. The van der Waals surface area contributed by atoms with Crippen molar-refractivity contribution >= 4 is 16.0 Å². The van der Waals surface area contributed by atoms with Crippen LogP contribution in [-0.2, 0) is 21.4 Å². The molecule has 0 spiro atoms. The third-order valence-electron chi connectivity index (χ3n) is 2.25. The van der Waals surface area contributed by atoms with E-state index in [4.69, 9.17) is 5.11 Å². The maximum Gasteiger partial charge on any atom is 0.318 e. The van der Waals surface area contributed by atoms with Crippen molar-refractivity contribution in [1.82, 2.24) is 4.31 Å². The maximum atomic E-state index is 11.8. The minimum Gasteiger partial charge on any atom is -0.480 e. The first kappa shape index (κ1) is 10.1. The molecule has 0 aliphatic carbocycles. The quantitative estimate of drug-likeness (QED) is 0.787. The number of carbonyl (C=O) groups is 1. The number of fused-ring (bicyclic) bond motifs is 1. The van der Waals surface area contributed by atoms with Gasteiger partial charge in [0.2, 0.25) is 10.0 Å². The summed E-state index contributed by atoms with van der Waals surface area (Å²) in [6.45, 7) is -0.345. The van der Waals surface area contributed by atoms with Gasteiger partial charge in [-0.2, -0.15) is 4.31 Å². The van der Waals surface area contributed by atoms with Crippen LogP contribution in [0.1, 0.15) is 5.56 Å². The van der Waals surface area contributed by atoms with Crippen molar-refractivity contribution in [3.63, 3.8) is 0 Å². The van der Waals surface area contributed by atoms with Crippen LogP contribution in [0.25, 0.3) is 0 Å². The molecule has 1 aliphatic rings. The number of sulfonamides is 1. The van der Waals surface area contributed by atoms with Gasteiger partial charge in [-0.05, 0) is 11.6 Å². The van der Waals surface area contributed by atoms with Gasteiger partial charge in [0.1, 0.15) is 6.54 Å². The number of benzene rings is 1. The fraction of sp³-hybridized carbons (Fsp3) is 0.222. The molecule has 0 saturated carbocycles. The molecule has 0 saturated heterocycles. The molecule has 2 rings (SSSR count). The Hall–Kier alpha value is -1.40. The molecule has 1 N–H and O–H groups in total. The highest BCUT2D eigenvalue weighted by Gasteiger charge is 2.35. The van der Waals surface area contributed by atoms with E-state index in [9.17, 15) is 13.2 Å². The van der Waals surface area contributed by atoms with E-state index in [1.807, 2.05) is 0 Å². The zero-order chi connectivity index (χ0) is 11.1. The van der Waals surface area contributed by atoms with Crippen LogP contribution in [0.4, 0.5) is 0 Å². The first-order valence-corrected chi connectivity index (χ1v) is 5.75. The second-order valence-corrected chi connectivity index (χ2v) is 5.18. The molecule has 1 heterocycles. The molecule has 0 radical (unpaired) electrons. The Kier molecular flexibility index (Phi) is 2.24. The second-order valence-electron chi connectivity index (χ2n) is 3.27. The van der Waals surface area contributed by atoms with Crippen molar-refractivity contribution in [2.24, 2.45) is 0 Å². The molecule has 0 fully saturated rings. The number of aliphatic carboxylic acids is 1. The van der Waals surface area contributed by atoms with Crippen molar-refractivity contribution in [2.45, 2.75) is 11.4 Å². The predicted molar refractivity (Wildman–Crippen MR) is 51.7 cm³/mol. The fourth-order valence-electron chi connectivity index (χ4n) is 1.59. The Balaban J connectivity index is 2.43. The van der Waals surface area contributed by atoms with Gasteiger partial charge < -0.3 is 5.11 Å². The topological polar surface area (TPSA) is 74.7 Å². The lowest BCUT2D eigenvalue weighted by Gasteiger charge is -2.10. The van der Waals surface area contributed by atoms with E-state index in [2.05, 4.69) is 0 Å². The van der Waals surface area contributed by atoms with Crippen molar-refractivity contribution in [2.75, 3.05) is 6.54 Å². The van der Waals surface area contributed by atoms with E-state index < -0.39 is 22.5 Å². The number of carboxylic acid groups (broad SMARTS) is 1. The van der Waals surface area contributed by atoms with Crippen LogP contribution in [-0.4, -0.2) is 30.3 Å². The van der Waals surface area contributed by atoms with E-state index >= 15 is 0 Å². The molecule has 0 atom stereocenters. The zero-order valence-electron chi connectivity index (χ0n) is 7.75. The van der Waals surface area contributed by atoms with Crippen molar-refractivity contribution < 1.29 is 18.3 Å². The molecule has 15 heavy (non-hydrogen) atoms. The van der Waals surface area contributed by atoms with Crippen LogP contribution in [0.3, 0.4) is 0 Å². The minimum atomic E-state index is -3.59. The highest BCUT2D eigenvalue weighted by atomic mass is 32.2. The number of rotatable bonds is 2. The molecule has 6 heteroatoms. The van der Waals surface area contributed by atoms with Gasteiger partial charge in [0.05, 0.1) is 4.90 Å². The second kappa shape index (κ2) is 3.32. The Labute approximate surface area is 87.0 Å². The van der Waals surface area contributed by atoms with Crippen molar-refractivity contribution in [1.29, 1.82) is 0 Å². The van der Waals surface area contributed by atoms with E-state index in [0.717, 1.165) is 4.31 Å². The summed E-state index contributed by atoms with van der Waals surface area (Å²) >= 11 is 0. The van der Waals surface area contributed by atoms with Crippen molar-refractivity contribution in [3.8, 4) is 0 Å². The molecule has 0 aromatic heterocycles. The van der Waals surface area contributed by atoms with Crippen LogP contribution >= 0.6 is 0 Å². The molecule has 1 aromatic rings. The van der Waals surface area contributed by atoms with Gasteiger partial charge in [0.15, 0.2) is 0 Å². The molecule has 0 amide bonds. The summed E-state index contributed by atoms with van der Waals surface area (Å²) in [6, 6.07) is 6.54. The van der Waals surface area contributed by atoms with Crippen molar-refractivity contribution in [3.05, 3.63) is 29.8 Å². The molecule has 1 aliphatic heterocycles. The Morgan fingerprint density at radius 1 is 1.40 bits per heavy atom. The number of hydrogen-bond donors (Lipinski definition) is 1. The third-order valence-corrected chi connectivity index (χ3v) is 4.14. The summed E-state index contributed by atoms with van der Waals surface area (Å²) in [7, 11) is -3.59. The number of carboxylic acids is 1. The molecule has 5 nitrogen and oxygen atoms in total. The summed E-state index contributed by atoms with van der Waals surface area (Å²) in [4.78, 5) is 10.7. The van der Waals surface area contributed by atoms with Gasteiger partial charge >= 0.3 is 5.97 Å². The lowest BCUT2D eigenvalue weighted by molar-refractivity contribution is -0.137. The van der Waals surface area contributed by atoms with Gasteiger partial charge in [-0.25, -0.2) is 8.42 Å². The van der Waals surface area contributed by atoms with E-state index in [1.54, 1.807) is 18.2 Å². The first-order valence-electron chi connectivity index (χ1n) is 4.31. The molecule has 1 aromatic carbocycles. The molecule has 80 valence electrons. The Bertz CT molecular complexity index is 509. The molecular weight excluding hydrogens is 218 g/mol. The molecule has 0 bridgehead atoms. The predicted octanol–water partition coefficient (Wildman–Crippen LogP) is 0.276. The van der Waals surface area contributed by atoms with E-state index in [0.29, 0.717) is 5.56 Å². The van der Waals surface area contributed by atoms with Crippen LogP contribution in [0.2, 0.25) is 0 Å². The SMILES string of the molecule is O=C(O)CN1Cc2ccccc2S1(=O)=O. The van der Waals surface area contributed by atoms with Gasteiger partial charge in [0, 0.05) is 6.54 Å². The van der Waals surface area contributed by atoms with Crippen LogP contribution in [0.5, 0.6) is 0 Å². The standard InChI is InChI=1S/C9H9NO4S/c11-9(12)6-10-5-7-3-1-2-4-8(7)15(10,13)14/h1-4H,5-6H2,(H,11,12). The van der Waals surface area contributed by atoms with Crippen LogP contribution in [0.15, 0.2) is 29.2 Å². The van der Waals surface area contributed by atoms with Crippen LogP contribution < -0.4 is 0 Å². The molecular formula is C9H9NO4S. The van der Waals surface area contributed by atoms with Gasteiger partial charge in [-0.3, -0.25) is 4.79 Å². The summed E-state index contributed by atoms with van der Waals surface area (Å²) in [5, 5.41) is 8.58. The lowest BCUT2D eigenvalue weighted by atomic mass is 10.2. The maximum absolute atomic E-state index is 11.8. The average molecular weight is 227 g/mol. The Morgan fingerprint density at radius 2 is 2.07 bits per heavy atom.